The van der Waals surface area contributed by atoms with E-state index in [-0.39, 0.29) is 0 Å². The second-order valence-corrected chi connectivity index (χ2v) is 3.75. The topological polar surface area (TPSA) is 12.0 Å². The molecule has 0 aliphatic carbocycles. The van der Waals surface area contributed by atoms with Crippen LogP contribution in [-0.2, 0) is 0 Å². The summed E-state index contributed by atoms with van der Waals surface area (Å²) in [4.78, 5) is 0. The van der Waals surface area contributed by atoms with Crippen LogP contribution in [0, 0.1) is 20.8 Å². The fraction of sp³-hybridized carbons (Fsp3) is 0.455. The predicted molar refractivity (Wildman–Crippen MR) is 59.9 cm³/mol. The fourth-order valence-electron chi connectivity index (χ4n) is 1.33. The number of benzene rings is 1. The highest BCUT2D eigenvalue weighted by atomic mass is 35.5. The molecule has 1 rings (SSSR count). The van der Waals surface area contributed by atoms with Gasteiger partial charge in [0.05, 0.1) is 0 Å². The van der Waals surface area contributed by atoms with E-state index >= 15 is 0 Å². The molecule has 0 aliphatic rings. The highest BCUT2D eigenvalue weighted by Gasteiger charge is 2.00. The Bertz CT molecular complexity index is 294. The average Bonchev–Trinajstić information content (AvgIpc) is 2.09. The number of hydrogen-bond acceptors (Lipinski definition) is 1. The van der Waals surface area contributed by atoms with E-state index in [1.807, 2.05) is 0 Å². The van der Waals surface area contributed by atoms with Gasteiger partial charge < -0.3 is 5.32 Å². The van der Waals surface area contributed by atoms with Crippen LogP contribution in [0.15, 0.2) is 12.1 Å². The largest absolute Gasteiger partial charge is 0.384 e. The number of aryl methyl sites for hydroxylation is 3. The monoisotopic (exact) mass is 197 g/mol. The molecular formula is C11H16ClN. The van der Waals surface area contributed by atoms with Crippen molar-refractivity contribution in [2.24, 2.45) is 0 Å². The van der Waals surface area contributed by atoms with Gasteiger partial charge >= 0.3 is 0 Å². The quantitative estimate of drug-likeness (QED) is 0.734. The molecular weight excluding hydrogens is 182 g/mol. The van der Waals surface area contributed by atoms with E-state index in [0.29, 0.717) is 5.88 Å². The number of anilines is 1. The van der Waals surface area contributed by atoms with Crippen molar-refractivity contribution >= 4 is 17.3 Å². The molecule has 0 unspecified atom stereocenters. The first-order chi connectivity index (χ1) is 6.15. The zero-order chi connectivity index (χ0) is 9.84. The third kappa shape index (κ3) is 2.63. The van der Waals surface area contributed by atoms with E-state index < -0.39 is 0 Å². The maximum Gasteiger partial charge on any atom is 0.0396 e. The molecule has 0 fully saturated rings. The van der Waals surface area contributed by atoms with Gasteiger partial charge in [-0.3, -0.25) is 0 Å². The molecule has 0 amide bonds. The SMILES string of the molecule is Cc1cc(C)c(NCCCl)cc1C. The molecule has 0 heterocycles. The molecule has 1 aromatic carbocycles. The number of halogens is 1. The minimum atomic E-state index is 0.645. The highest BCUT2D eigenvalue weighted by molar-refractivity contribution is 6.18. The van der Waals surface area contributed by atoms with Crippen molar-refractivity contribution in [3.63, 3.8) is 0 Å². The van der Waals surface area contributed by atoms with E-state index in [0.717, 1.165) is 6.54 Å². The van der Waals surface area contributed by atoms with E-state index in [9.17, 15) is 0 Å². The lowest BCUT2D eigenvalue weighted by Gasteiger charge is -2.10. The second-order valence-electron chi connectivity index (χ2n) is 3.37. The van der Waals surface area contributed by atoms with Gasteiger partial charge in [0, 0.05) is 18.1 Å². The summed E-state index contributed by atoms with van der Waals surface area (Å²) >= 11 is 5.61. The van der Waals surface area contributed by atoms with Crippen LogP contribution in [0.3, 0.4) is 0 Å². The van der Waals surface area contributed by atoms with Gasteiger partial charge in [0.25, 0.3) is 0 Å². The summed E-state index contributed by atoms with van der Waals surface area (Å²) in [5.41, 5.74) is 5.15. The van der Waals surface area contributed by atoms with Crippen molar-refractivity contribution in [2.75, 3.05) is 17.7 Å². The lowest BCUT2D eigenvalue weighted by Crippen LogP contribution is -2.04. The standard InChI is InChI=1S/C11H16ClN/c1-8-6-10(3)11(7-9(8)2)13-5-4-12/h6-7,13H,4-5H2,1-3H3. The number of hydrogen-bond donors (Lipinski definition) is 1. The summed E-state index contributed by atoms with van der Waals surface area (Å²) in [5.74, 6) is 0.645. The van der Waals surface area contributed by atoms with Crippen LogP contribution in [-0.4, -0.2) is 12.4 Å². The molecule has 0 saturated carbocycles. The van der Waals surface area contributed by atoms with E-state index in [2.05, 4.69) is 38.2 Å². The molecule has 0 spiro atoms. The van der Waals surface area contributed by atoms with Crippen molar-refractivity contribution in [2.45, 2.75) is 20.8 Å². The lowest BCUT2D eigenvalue weighted by molar-refractivity contribution is 1.19. The third-order valence-electron chi connectivity index (χ3n) is 2.25. The van der Waals surface area contributed by atoms with Crippen LogP contribution >= 0.6 is 11.6 Å². The molecule has 0 aromatic heterocycles. The Morgan fingerprint density at radius 3 is 2.31 bits per heavy atom. The van der Waals surface area contributed by atoms with Crippen molar-refractivity contribution in [1.29, 1.82) is 0 Å². The lowest BCUT2D eigenvalue weighted by atomic mass is 10.1. The Morgan fingerprint density at radius 2 is 1.69 bits per heavy atom. The summed E-state index contributed by atoms with van der Waals surface area (Å²) in [6.45, 7) is 7.20. The maximum absolute atomic E-state index is 5.61. The average molecular weight is 198 g/mol. The highest BCUT2D eigenvalue weighted by Crippen LogP contribution is 2.19. The predicted octanol–water partition coefficient (Wildman–Crippen LogP) is 3.26. The summed E-state index contributed by atoms with van der Waals surface area (Å²) < 4.78 is 0. The molecule has 72 valence electrons. The van der Waals surface area contributed by atoms with Gasteiger partial charge in [0.2, 0.25) is 0 Å². The van der Waals surface area contributed by atoms with E-state index in [4.69, 9.17) is 11.6 Å². The van der Waals surface area contributed by atoms with Crippen LogP contribution in [0.4, 0.5) is 5.69 Å². The van der Waals surface area contributed by atoms with Gasteiger partial charge in [0.15, 0.2) is 0 Å². The normalized spacial score (nSPS) is 10.2. The molecule has 1 nitrogen and oxygen atoms in total. The van der Waals surface area contributed by atoms with E-state index in [1.165, 1.54) is 22.4 Å². The van der Waals surface area contributed by atoms with Gasteiger partial charge in [-0.15, -0.1) is 11.6 Å². The minimum absolute atomic E-state index is 0.645. The Balaban J connectivity index is 2.88. The van der Waals surface area contributed by atoms with Crippen molar-refractivity contribution in [1.82, 2.24) is 0 Å². The molecule has 0 atom stereocenters. The Kier molecular flexibility index (Phi) is 3.61. The Hall–Kier alpha value is -0.690. The van der Waals surface area contributed by atoms with Crippen LogP contribution < -0.4 is 5.32 Å². The van der Waals surface area contributed by atoms with Gasteiger partial charge in [0.1, 0.15) is 0 Å². The number of alkyl halides is 1. The number of nitrogens with one attached hydrogen (secondary N) is 1. The molecule has 0 saturated heterocycles. The zero-order valence-electron chi connectivity index (χ0n) is 8.45. The van der Waals surface area contributed by atoms with Gasteiger partial charge in [-0.05, 0) is 43.5 Å². The maximum atomic E-state index is 5.61. The van der Waals surface area contributed by atoms with Crippen LogP contribution in [0.5, 0.6) is 0 Å². The van der Waals surface area contributed by atoms with Crippen molar-refractivity contribution in [3.8, 4) is 0 Å². The second kappa shape index (κ2) is 4.52. The molecule has 13 heavy (non-hydrogen) atoms. The van der Waals surface area contributed by atoms with Crippen LogP contribution in [0.2, 0.25) is 0 Å². The smallest absolute Gasteiger partial charge is 0.0396 e. The molecule has 0 aliphatic heterocycles. The van der Waals surface area contributed by atoms with Crippen LogP contribution in [0.1, 0.15) is 16.7 Å². The summed E-state index contributed by atoms with van der Waals surface area (Å²) in [6.07, 6.45) is 0. The molecule has 2 heteroatoms. The Labute approximate surface area is 85.1 Å². The minimum Gasteiger partial charge on any atom is -0.384 e. The molecule has 0 radical (unpaired) electrons. The van der Waals surface area contributed by atoms with Gasteiger partial charge in [-0.2, -0.15) is 0 Å². The third-order valence-corrected chi connectivity index (χ3v) is 2.44. The van der Waals surface area contributed by atoms with Crippen molar-refractivity contribution < 1.29 is 0 Å². The number of rotatable bonds is 3. The molecule has 1 aromatic rings. The summed E-state index contributed by atoms with van der Waals surface area (Å²) in [5, 5.41) is 3.30. The first-order valence-corrected chi connectivity index (χ1v) is 5.06. The summed E-state index contributed by atoms with van der Waals surface area (Å²) in [7, 11) is 0. The summed E-state index contributed by atoms with van der Waals surface area (Å²) in [6, 6.07) is 4.38. The fourth-order valence-corrected chi connectivity index (χ4v) is 1.43. The molecule has 0 bridgehead atoms. The van der Waals surface area contributed by atoms with Gasteiger partial charge in [-0.25, -0.2) is 0 Å². The molecule has 1 N–H and O–H groups in total. The first-order valence-electron chi connectivity index (χ1n) is 4.53. The zero-order valence-corrected chi connectivity index (χ0v) is 9.20. The van der Waals surface area contributed by atoms with Crippen molar-refractivity contribution in [3.05, 3.63) is 28.8 Å². The van der Waals surface area contributed by atoms with Crippen LogP contribution in [0.25, 0.3) is 0 Å². The van der Waals surface area contributed by atoms with E-state index in [1.54, 1.807) is 0 Å². The van der Waals surface area contributed by atoms with Gasteiger partial charge in [-0.1, -0.05) is 6.07 Å². The Morgan fingerprint density at radius 1 is 1.08 bits per heavy atom. The first kappa shape index (κ1) is 10.4.